The van der Waals surface area contributed by atoms with Gasteiger partial charge in [-0.25, -0.2) is 9.50 Å². The minimum absolute atomic E-state index is 0.0557. The van der Waals surface area contributed by atoms with Gasteiger partial charge in [0.1, 0.15) is 0 Å². The number of aromatic nitrogens is 3. The molecule has 0 bridgehead atoms. The predicted molar refractivity (Wildman–Crippen MR) is 104 cm³/mol. The normalized spacial score (nSPS) is 11.7. The fourth-order valence-corrected chi connectivity index (χ4v) is 3.53. The molecule has 1 N–H and O–H groups in total. The highest BCUT2D eigenvalue weighted by Gasteiger charge is 2.35. The fraction of sp³-hybridized carbons (Fsp3) is 0.105. The number of nitrogens with zero attached hydrogens (tertiary/aromatic N) is 3. The molecule has 0 fully saturated rings. The third-order valence-electron chi connectivity index (χ3n) is 4.09. The van der Waals surface area contributed by atoms with Gasteiger partial charge < -0.3 is 5.32 Å². The van der Waals surface area contributed by atoms with E-state index in [0.29, 0.717) is 14.4 Å². The molecule has 1 aromatic carbocycles. The predicted octanol–water partition coefficient (Wildman–Crippen LogP) is 5.06. The van der Waals surface area contributed by atoms with Crippen LogP contribution in [-0.4, -0.2) is 20.5 Å². The molecule has 148 valence electrons. The van der Waals surface area contributed by atoms with Crippen LogP contribution in [0.1, 0.15) is 21.7 Å². The zero-order valence-corrected chi connectivity index (χ0v) is 16.1. The lowest BCUT2D eigenvalue weighted by Gasteiger charge is -2.10. The highest BCUT2D eigenvalue weighted by Crippen LogP contribution is 2.33. The van der Waals surface area contributed by atoms with Crippen molar-refractivity contribution in [2.75, 3.05) is 0 Å². The van der Waals surface area contributed by atoms with Gasteiger partial charge in [0.25, 0.3) is 5.91 Å². The maximum Gasteiger partial charge on any atom is 0.433 e. The van der Waals surface area contributed by atoms with E-state index in [4.69, 9.17) is 11.6 Å². The number of nitrogens with one attached hydrogen (secondary N) is 1. The molecule has 0 aliphatic heterocycles. The quantitative estimate of drug-likeness (QED) is 0.486. The summed E-state index contributed by atoms with van der Waals surface area (Å²) >= 11 is 7.09. The number of rotatable bonds is 4. The van der Waals surface area contributed by atoms with Crippen LogP contribution in [0.25, 0.3) is 16.2 Å². The Labute approximate surface area is 171 Å². The van der Waals surface area contributed by atoms with Crippen LogP contribution in [0.3, 0.4) is 0 Å². The van der Waals surface area contributed by atoms with E-state index < -0.39 is 17.8 Å². The topological polar surface area (TPSA) is 59.3 Å². The Morgan fingerprint density at radius 1 is 1.17 bits per heavy atom. The molecule has 3 aromatic heterocycles. The van der Waals surface area contributed by atoms with Gasteiger partial charge in [-0.2, -0.15) is 18.3 Å². The molecule has 29 heavy (non-hydrogen) atoms. The highest BCUT2D eigenvalue weighted by atomic mass is 35.5. The van der Waals surface area contributed by atoms with E-state index in [0.717, 1.165) is 11.6 Å². The fourth-order valence-electron chi connectivity index (χ4n) is 2.71. The molecular formula is C19H12ClF3N4OS. The first kappa shape index (κ1) is 19.4. The lowest BCUT2D eigenvalue weighted by atomic mass is 10.2. The lowest BCUT2D eigenvalue weighted by Crippen LogP contribution is -2.23. The monoisotopic (exact) mass is 436 g/mol. The summed E-state index contributed by atoms with van der Waals surface area (Å²) in [7, 11) is 0. The van der Waals surface area contributed by atoms with E-state index in [1.54, 1.807) is 41.8 Å². The van der Waals surface area contributed by atoms with Crippen LogP contribution < -0.4 is 5.32 Å². The second-order valence-electron chi connectivity index (χ2n) is 6.11. The minimum Gasteiger partial charge on any atom is -0.347 e. The second kappa shape index (κ2) is 7.49. The zero-order chi connectivity index (χ0) is 20.6. The average molecular weight is 437 g/mol. The molecule has 4 aromatic rings. The van der Waals surface area contributed by atoms with E-state index in [1.165, 1.54) is 17.4 Å². The number of hydrogen-bond donors (Lipinski definition) is 1. The van der Waals surface area contributed by atoms with Crippen molar-refractivity contribution in [1.82, 2.24) is 19.9 Å². The summed E-state index contributed by atoms with van der Waals surface area (Å²) in [5, 5.41) is 8.78. The minimum atomic E-state index is -4.66. The number of fused-ring (bicyclic) bond motifs is 1. The van der Waals surface area contributed by atoms with Gasteiger partial charge in [0.15, 0.2) is 17.0 Å². The van der Waals surface area contributed by atoms with Gasteiger partial charge in [-0.1, -0.05) is 29.8 Å². The molecule has 0 saturated carbocycles. The molecule has 3 heterocycles. The Hall–Kier alpha value is -2.91. The maximum absolute atomic E-state index is 13.6. The largest absolute Gasteiger partial charge is 0.433 e. The van der Waals surface area contributed by atoms with Crippen LogP contribution in [0.5, 0.6) is 0 Å². The van der Waals surface area contributed by atoms with Gasteiger partial charge >= 0.3 is 6.18 Å². The lowest BCUT2D eigenvalue weighted by molar-refractivity contribution is -0.142. The first-order valence-electron chi connectivity index (χ1n) is 8.36. The molecule has 0 saturated heterocycles. The molecule has 1 amide bonds. The Morgan fingerprint density at radius 3 is 2.59 bits per heavy atom. The van der Waals surface area contributed by atoms with Crippen molar-refractivity contribution in [2.45, 2.75) is 12.7 Å². The average Bonchev–Trinajstić information content (AvgIpc) is 3.35. The van der Waals surface area contributed by atoms with Crippen molar-refractivity contribution >= 4 is 34.5 Å². The summed E-state index contributed by atoms with van der Waals surface area (Å²) < 4.78 is 41.3. The number of hydrogen-bond acceptors (Lipinski definition) is 4. The highest BCUT2D eigenvalue weighted by molar-refractivity contribution is 7.13. The maximum atomic E-state index is 13.6. The van der Waals surface area contributed by atoms with Gasteiger partial charge in [0, 0.05) is 17.6 Å². The van der Waals surface area contributed by atoms with Crippen molar-refractivity contribution in [3.63, 3.8) is 0 Å². The van der Waals surface area contributed by atoms with Crippen molar-refractivity contribution in [3.8, 4) is 10.6 Å². The number of alkyl halides is 3. The summed E-state index contributed by atoms with van der Waals surface area (Å²) in [4.78, 5) is 17.2. The molecule has 0 aliphatic carbocycles. The summed E-state index contributed by atoms with van der Waals surface area (Å²) in [5.74, 6) is -0.601. The Balaban J connectivity index is 1.67. The van der Waals surface area contributed by atoms with Crippen molar-refractivity contribution < 1.29 is 18.0 Å². The summed E-state index contributed by atoms with van der Waals surface area (Å²) in [6.45, 7) is 0.184. The van der Waals surface area contributed by atoms with Crippen molar-refractivity contribution in [1.29, 1.82) is 0 Å². The first-order chi connectivity index (χ1) is 13.8. The molecule has 0 radical (unpaired) electrons. The molecule has 0 unspecified atom stereocenters. The van der Waals surface area contributed by atoms with Gasteiger partial charge in [0.05, 0.1) is 10.6 Å². The first-order valence-corrected chi connectivity index (χ1v) is 9.61. The number of halogens is 4. The molecule has 0 aliphatic rings. The standard InChI is InChI=1S/C19H12ClF3N4OS/c20-12-5-3-11(4-6-12)10-24-18(28)14-9-17-25-13(15-2-1-7-29-15)8-16(19(21,22)23)27(17)26-14/h1-9H,10H2,(H,24,28). The number of carbonyl (C=O) groups is 1. The SMILES string of the molecule is O=C(NCc1ccc(Cl)cc1)c1cc2nc(-c3cccs3)cc(C(F)(F)F)n2n1. The summed E-state index contributed by atoms with van der Waals surface area (Å²) in [6.07, 6.45) is -4.66. The summed E-state index contributed by atoms with van der Waals surface area (Å²) in [5.41, 5.74) is -0.240. The van der Waals surface area contributed by atoms with Gasteiger partial charge in [-0.3, -0.25) is 4.79 Å². The third kappa shape index (κ3) is 4.10. The zero-order valence-electron chi connectivity index (χ0n) is 14.6. The van der Waals surface area contributed by atoms with E-state index in [1.807, 2.05) is 0 Å². The van der Waals surface area contributed by atoms with Gasteiger partial charge in [-0.15, -0.1) is 11.3 Å². The Kier molecular flexibility index (Phi) is 5.01. The molecule has 0 spiro atoms. The second-order valence-corrected chi connectivity index (χ2v) is 7.49. The van der Waals surface area contributed by atoms with Gasteiger partial charge in [0.2, 0.25) is 0 Å². The molecule has 0 atom stereocenters. The Bertz CT molecular complexity index is 1170. The van der Waals surface area contributed by atoms with Crippen LogP contribution in [0.4, 0.5) is 13.2 Å². The van der Waals surface area contributed by atoms with E-state index in [2.05, 4.69) is 15.4 Å². The van der Waals surface area contributed by atoms with Crippen molar-refractivity contribution in [3.05, 3.63) is 75.9 Å². The van der Waals surface area contributed by atoms with Crippen LogP contribution in [0.2, 0.25) is 5.02 Å². The Morgan fingerprint density at radius 2 is 1.93 bits per heavy atom. The van der Waals surface area contributed by atoms with E-state index in [9.17, 15) is 18.0 Å². The van der Waals surface area contributed by atoms with Crippen LogP contribution in [0.15, 0.2) is 53.9 Å². The molecule has 10 heteroatoms. The molecule has 5 nitrogen and oxygen atoms in total. The number of benzene rings is 1. The van der Waals surface area contributed by atoms with E-state index in [-0.39, 0.29) is 23.6 Å². The smallest absolute Gasteiger partial charge is 0.347 e. The number of carbonyl (C=O) groups excluding carboxylic acids is 1. The number of amides is 1. The molecular weight excluding hydrogens is 425 g/mol. The van der Waals surface area contributed by atoms with Gasteiger partial charge in [-0.05, 0) is 35.2 Å². The third-order valence-corrected chi connectivity index (χ3v) is 5.23. The number of thiophene rings is 1. The van der Waals surface area contributed by atoms with E-state index >= 15 is 0 Å². The van der Waals surface area contributed by atoms with Crippen LogP contribution in [-0.2, 0) is 12.7 Å². The van der Waals surface area contributed by atoms with Crippen LogP contribution in [0, 0.1) is 0 Å². The molecule has 4 rings (SSSR count). The van der Waals surface area contributed by atoms with Crippen LogP contribution >= 0.6 is 22.9 Å². The summed E-state index contributed by atoms with van der Waals surface area (Å²) in [6, 6.07) is 12.4. The van der Waals surface area contributed by atoms with Crippen molar-refractivity contribution in [2.24, 2.45) is 0 Å².